The van der Waals surface area contributed by atoms with E-state index in [0.717, 1.165) is 16.1 Å². The standard InChI is InChI=1S/C30H35Cl2N3O4S/c1-21-16-25(32)14-15-26(21)35(40(5,38)39)20-28(36)34(19-23-12-9-13-24(31)17-23)27(29(37)33-30(2,3)4)18-22-10-7-6-8-11-22/h6-17,27H,18-20H2,1-5H3,(H,33,37). The molecule has 3 rings (SSSR count). The number of carbonyl (C=O) groups excluding carboxylic acids is 2. The third kappa shape index (κ3) is 8.98. The van der Waals surface area contributed by atoms with Crippen LogP contribution in [0.1, 0.15) is 37.5 Å². The van der Waals surface area contributed by atoms with E-state index in [-0.39, 0.29) is 18.9 Å². The lowest BCUT2D eigenvalue weighted by molar-refractivity contribution is -0.140. The van der Waals surface area contributed by atoms with Crippen molar-refractivity contribution >= 4 is 50.7 Å². The molecular formula is C30H35Cl2N3O4S. The van der Waals surface area contributed by atoms with Gasteiger partial charge in [-0.05, 0) is 74.7 Å². The van der Waals surface area contributed by atoms with Crippen molar-refractivity contribution in [3.8, 4) is 0 Å². The van der Waals surface area contributed by atoms with Crippen LogP contribution in [0.4, 0.5) is 5.69 Å². The van der Waals surface area contributed by atoms with Crippen molar-refractivity contribution in [3.05, 3.63) is 99.5 Å². The maximum absolute atomic E-state index is 14.1. The Hall–Kier alpha value is -3.07. The van der Waals surface area contributed by atoms with Crippen molar-refractivity contribution < 1.29 is 18.0 Å². The van der Waals surface area contributed by atoms with E-state index >= 15 is 0 Å². The third-order valence-electron chi connectivity index (χ3n) is 6.12. The van der Waals surface area contributed by atoms with Crippen LogP contribution in [0.3, 0.4) is 0 Å². The summed E-state index contributed by atoms with van der Waals surface area (Å²) in [5.74, 6) is -0.884. The summed E-state index contributed by atoms with van der Waals surface area (Å²) in [5, 5.41) is 3.93. The van der Waals surface area contributed by atoms with Gasteiger partial charge in [0.15, 0.2) is 0 Å². The SMILES string of the molecule is Cc1cc(Cl)ccc1N(CC(=O)N(Cc1cccc(Cl)c1)C(Cc1ccccc1)C(=O)NC(C)(C)C)S(C)(=O)=O. The Morgan fingerprint density at radius 1 is 0.900 bits per heavy atom. The highest BCUT2D eigenvalue weighted by atomic mass is 35.5. The molecule has 0 aromatic heterocycles. The molecular weight excluding hydrogens is 569 g/mol. The lowest BCUT2D eigenvalue weighted by Gasteiger charge is -2.35. The molecule has 214 valence electrons. The van der Waals surface area contributed by atoms with Crippen LogP contribution in [0, 0.1) is 6.92 Å². The Kier molecular flexibility index (Phi) is 10.3. The molecule has 0 saturated carbocycles. The van der Waals surface area contributed by atoms with Crippen LogP contribution in [-0.4, -0.2) is 49.5 Å². The van der Waals surface area contributed by atoms with Gasteiger partial charge in [0.25, 0.3) is 0 Å². The molecule has 0 aliphatic heterocycles. The lowest BCUT2D eigenvalue weighted by atomic mass is 10.0. The molecule has 3 aromatic carbocycles. The number of aryl methyl sites for hydroxylation is 1. The van der Waals surface area contributed by atoms with Crippen LogP contribution in [0.25, 0.3) is 0 Å². The quantitative estimate of drug-likeness (QED) is 0.326. The third-order valence-corrected chi connectivity index (χ3v) is 7.71. The molecule has 2 amide bonds. The topological polar surface area (TPSA) is 86.8 Å². The Morgan fingerprint density at radius 2 is 1.52 bits per heavy atom. The highest BCUT2D eigenvalue weighted by Gasteiger charge is 2.34. The van der Waals surface area contributed by atoms with Crippen molar-refractivity contribution in [1.82, 2.24) is 10.2 Å². The summed E-state index contributed by atoms with van der Waals surface area (Å²) in [4.78, 5) is 29.3. The number of amides is 2. The van der Waals surface area contributed by atoms with Crippen molar-refractivity contribution in [2.45, 2.75) is 52.2 Å². The van der Waals surface area contributed by atoms with Gasteiger partial charge in [0.05, 0.1) is 11.9 Å². The van der Waals surface area contributed by atoms with E-state index in [2.05, 4.69) is 5.32 Å². The molecule has 0 aliphatic carbocycles. The van der Waals surface area contributed by atoms with E-state index in [1.165, 1.54) is 4.90 Å². The number of nitrogens with zero attached hydrogens (tertiary/aromatic N) is 2. The predicted molar refractivity (Wildman–Crippen MR) is 162 cm³/mol. The van der Waals surface area contributed by atoms with E-state index in [1.54, 1.807) is 43.3 Å². The van der Waals surface area contributed by atoms with Gasteiger partial charge in [-0.25, -0.2) is 8.42 Å². The Bertz CT molecular complexity index is 1460. The first-order valence-corrected chi connectivity index (χ1v) is 15.4. The van der Waals surface area contributed by atoms with Crippen molar-refractivity contribution in [1.29, 1.82) is 0 Å². The summed E-state index contributed by atoms with van der Waals surface area (Å²) in [7, 11) is -3.87. The first-order valence-electron chi connectivity index (χ1n) is 12.8. The summed E-state index contributed by atoms with van der Waals surface area (Å²) < 4.78 is 26.9. The number of sulfonamides is 1. The largest absolute Gasteiger partial charge is 0.350 e. The smallest absolute Gasteiger partial charge is 0.244 e. The van der Waals surface area contributed by atoms with E-state index in [1.807, 2.05) is 57.2 Å². The normalized spacial score (nSPS) is 12.5. The van der Waals surface area contributed by atoms with Gasteiger partial charge in [0.2, 0.25) is 21.8 Å². The van der Waals surface area contributed by atoms with Gasteiger partial charge < -0.3 is 10.2 Å². The van der Waals surface area contributed by atoms with Crippen LogP contribution in [-0.2, 0) is 32.6 Å². The van der Waals surface area contributed by atoms with Crippen LogP contribution >= 0.6 is 23.2 Å². The second-order valence-corrected chi connectivity index (χ2v) is 13.6. The molecule has 0 aliphatic rings. The van der Waals surface area contributed by atoms with Crippen LogP contribution in [0.15, 0.2) is 72.8 Å². The van der Waals surface area contributed by atoms with E-state index in [0.29, 0.717) is 26.9 Å². The molecule has 1 unspecified atom stereocenters. The van der Waals surface area contributed by atoms with Gasteiger partial charge in [-0.3, -0.25) is 13.9 Å². The van der Waals surface area contributed by atoms with Crippen LogP contribution < -0.4 is 9.62 Å². The summed E-state index contributed by atoms with van der Waals surface area (Å²) in [5.41, 5.74) is 1.93. The molecule has 0 saturated heterocycles. The summed E-state index contributed by atoms with van der Waals surface area (Å²) in [6.07, 6.45) is 1.28. The predicted octanol–water partition coefficient (Wildman–Crippen LogP) is 5.62. The van der Waals surface area contributed by atoms with Gasteiger partial charge in [-0.1, -0.05) is 65.7 Å². The molecule has 0 fully saturated rings. The van der Waals surface area contributed by atoms with Gasteiger partial charge in [-0.15, -0.1) is 0 Å². The van der Waals surface area contributed by atoms with Gasteiger partial charge in [-0.2, -0.15) is 0 Å². The van der Waals surface area contributed by atoms with Crippen LogP contribution in [0.2, 0.25) is 10.0 Å². The average molecular weight is 605 g/mol. The maximum atomic E-state index is 14.1. The maximum Gasteiger partial charge on any atom is 0.244 e. The molecule has 40 heavy (non-hydrogen) atoms. The summed E-state index contributed by atoms with van der Waals surface area (Å²) >= 11 is 12.3. The number of anilines is 1. The zero-order chi connectivity index (χ0) is 29.7. The zero-order valence-electron chi connectivity index (χ0n) is 23.3. The summed E-state index contributed by atoms with van der Waals surface area (Å²) in [6, 6.07) is 20.3. The fourth-order valence-electron chi connectivity index (χ4n) is 4.33. The highest BCUT2D eigenvalue weighted by Crippen LogP contribution is 2.26. The fourth-order valence-corrected chi connectivity index (χ4v) is 5.68. The number of rotatable bonds is 10. The Labute approximate surface area is 247 Å². The van der Waals surface area contributed by atoms with E-state index < -0.39 is 34.1 Å². The second kappa shape index (κ2) is 13.1. The molecule has 0 heterocycles. The van der Waals surface area contributed by atoms with Crippen molar-refractivity contribution in [2.75, 3.05) is 17.1 Å². The molecule has 1 atom stereocenters. The highest BCUT2D eigenvalue weighted by molar-refractivity contribution is 7.92. The minimum absolute atomic E-state index is 0.0473. The van der Waals surface area contributed by atoms with Crippen molar-refractivity contribution in [2.24, 2.45) is 0 Å². The molecule has 7 nitrogen and oxygen atoms in total. The Morgan fingerprint density at radius 3 is 2.10 bits per heavy atom. The first-order chi connectivity index (χ1) is 18.6. The number of carbonyl (C=O) groups is 2. The average Bonchev–Trinajstić information content (AvgIpc) is 2.84. The van der Waals surface area contributed by atoms with Crippen LogP contribution in [0.5, 0.6) is 0 Å². The first kappa shape index (κ1) is 31.5. The fraction of sp³-hybridized carbons (Fsp3) is 0.333. The van der Waals surface area contributed by atoms with Gasteiger partial charge >= 0.3 is 0 Å². The zero-order valence-corrected chi connectivity index (χ0v) is 25.6. The van der Waals surface area contributed by atoms with Gasteiger partial charge in [0.1, 0.15) is 12.6 Å². The molecule has 3 aromatic rings. The number of benzene rings is 3. The minimum Gasteiger partial charge on any atom is -0.350 e. The number of halogens is 2. The lowest BCUT2D eigenvalue weighted by Crippen LogP contribution is -2.56. The molecule has 1 N–H and O–H groups in total. The number of hydrogen-bond acceptors (Lipinski definition) is 4. The van der Waals surface area contributed by atoms with Crippen molar-refractivity contribution in [3.63, 3.8) is 0 Å². The molecule has 0 bridgehead atoms. The number of hydrogen-bond donors (Lipinski definition) is 1. The Balaban J connectivity index is 2.09. The minimum atomic E-state index is -3.87. The molecule has 0 radical (unpaired) electrons. The monoisotopic (exact) mass is 603 g/mol. The molecule has 0 spiro atoms. The molecule has 10 heteroatoms. The van der Waals surface area contributed by atoms with E-state index in [9.17, 15) is 18.0 Å². The second-order valence-electron chi connectivity index (χ2n) is 10.8. The van der Waals surface area contributed by atoms with E-state index in [4.69, 9.17) is 23.2 Å². The van der Waals surface area contributed by atoms with Gasteiger partial charge in [0, 0.05) is 28.5 Å². The number of nitrogens with one attached hydrogen (secondary N) is 1. The summed E-state index contributed by atoms with van der Waals surface area (Å²) in [6.45, 7) is 6.86.